The van der Waals surface area contributed by atoms with Crippen LogP contribution in [-0.4, -0.2) is 22.0 Å². The third-order valence-electron chi connectivity index (χ3n) is 3.20. The second-order valence-corrected chi connectivity index (χ2v) is 9.86. The maximum atomic E-state index is 5.74. The fourth-order valence-electron chi connectivity index (χ4n) is 1.17. The Kier molecular flexibility index (Phi) is 5.28. The van der Waals surface area contributed by atoms with Crippen molar-refractivity contribution in [3.63, 3.8) is 0 Å². The third-order valence-corrected chi connectivity index (χ3v) is 7.20. The Labute approximate surface area is 108 Å². The molecule has 0 spiro atoms. The first-order valence-electron chi connectivity index (χ1n) is 5.73. The van der Waals surface area contributed by atoms with E-state index < -0.39 is 8.80 Å². The number of hydrogen-bond donors (Lipinski definition) is 0. The normalized spacial score (nSPS) is 12.4. The van der Waals surface area contributed by atoms with Gasteiger partial charge in [-0.2, -0.15) is 0 Å². The van der Waals surface area contributed by atoms with Gasteiger partial charge in [-0.3, -0.25) is 0 Å². The number of furan rings is 1. The van der Waals surface area contributed by atoms with E-state index in [0.717, 1.165) is 29.9 Å². The summed E-state index contributed by atoms with van der Waals surface area (Å²) in [6.07, 6.45) is 2.54. The maximum Gasteiger partial charge on any atom is 0.120 e. The number of halogens is 1. The van der Waals surface area contributed by atoms with Crippen molar-refractivity contribution in [2.75, 3.05) is 13.2 Å². The van der Waals surface area contributed by atoms with Gasteiger partial charge in [-0.05, 0) is 27.0 Å². The molecule has 1 rings (SSSR count). The Morgan fingerprint density at radius 1 is 1.44 bits per heavy atom. The molecule has 0 radical (unpaired) electrons. The molecule has 0 aliphatic carbocycles. The molecule has 1 heterocycles. The Balaban J connectivity index is 2.25. The largest absolute Gasteiger partial charge is 0.468 e. The highest BCUT2D eigenvalue weighted by Gasteiger charge is 2.23. The molecule has 0 atom stereocenters. The summed E-state index contributed by atoms with van der Waals surface area (Å²) in [6, 6.07) is 1.92. The van der Waals surface area contributed by atoms with Crippen LogP contribution in [0.3, 0.4) is 0 Å². The maximum absolute atomic E-state index is 5.74. The van der Waals surface area contributed by atoms with Crippen molar-refractivity contribution in [3.8, 4) is 0 Å². The summed E-state index contributed by atoms with van der Waals surface area (Å²) in [7, 11) is -0.651. The van der Waals surface area contributed by atoms with Crippen LogP contribution in [0.1, 0.15) is 19.6 Å². The van der Waals surface area contributed by atoms with Crippen molar-refractivity contribution >= 4 is 24.7 Å². The van der Waals surface area contributed by atoms with Gasteiger partial charge in [0.15, 0.2) is 0 Å². The molecule has 0 fully saturated rings. The van der Waals surface area contributed by atoms with E-state index in [0.29, 0.717) is 5.04 Å². The van der Waals surface area contributed by atoms with Crippen LogP contribution >= 0.6 is 15.9 Å². The van der Waals surface area contributed by atoms with Gasteiger partial charge in [-0.15, -0.1) is 0 Å². The highest BCUT2D eigenvalue weighted by Crippen LogP contribution is 2.28. The Hall–Kier alpha value is -0.0631. The molecule has 0 unspecified atom stereocenters. The van der Waals surface area contributed by atoms with E-state index >= 15 is 0 Å². The Morgan fingerprint density at radius 3 is 2.62 bits per heavy atom. The van der Waals surface area contributed by atoms with Crippen molar-refractivity contribution in [1.82, 2.24) is 0 Å². The fourth-order valence-corrected chi connectivity index (χ4v) is 2.02. The summed E-state index contributed by atoms with van der Waals surface area (Å²) in [5.41, 5.74) is 0. The first-order valence-corrected chi connectivity index (χ1v) is 9.41. The van der Waals surface area contributed by atoms with Crippen molar-refractivity contribution in [3.05, 3.63) is 22.6 Å². The van der Waals surface area contributed by atoms with Gasteiger partial charge in [0, 0.05) is 21.8 Å². The standard InChI is InChI=1S/C12H21BrO2Si/c1-12(2,16(3)4)9-14-7-6-11-10(13)5-8-15-11/h5,8,16H,6-7,9H2,1-4H3. The molecular weight excluding hydrogens is 284 g/mol. The monoisotopic (exact) mass is 304 g/mol. The predicted molar refractivity (Wildman–Crippen MR) is 73.8 cm³/mol. The minimum Gasteiger partial charge on any atom is -0.468 e. The Bertz CT molecular complexity index is 321. The van der Waals surface area contributed by atoms with E-state index in [1.165, 1.54) is 0 Å². The van der Waals surface area contributed by atoms with E-state index in [2.05, 4.69) is 42.9 Å². The lowest BCUT2D eigenvalue weighted by molar-refractivity contribution is 0.113. The van der Waals surface area contributed by atoms with E-state index in [-0.39, 0.29) is 0 Å². The van der Waals surface area contributed by atoms with Crippen LogP contribution < -0.4 is 0 Å². The molecule has 0 aromatic carbocycles. The van der Waals surface area contributed by atoms with Crippen LogP contribution in [0.5, 0.6) is 0 Å². The lowest BCUT2D eigenvalue weighted by atomic mass is 10.2. The van der Waals surface area contributed by atoms with E-state index in [1.54, 1.807) is 6.26 Å². The van der Waals surface area contributed by atoms with Crippen LogP contribution in [0.15, 0.2) is 21.2 Å². The van der Waals surface area contributed by atoms with Crippen molar-refractivity contribution < 1.29 is 9.15 Å². The highest BCUT2D eigenvalue weighted by molar-refractivity contribution is 9.10. The SMILES string of the molecule is C[SiH](C)C(C)(C)COCCc1occc1Br. The van der Waals surface area contributed by atoms with Gasteiger partial charge in [-0.1, -0.05) is 26.9 Å². The molecule has 1 aromatic rings. The average Bonchev–Trinajstić information content (AvgIpc) is 2.59. The van der Waals surface area contributed by atoms with Gasteiger partial charge >= 0.3 is 0 Å². The zero-order valence-electron chi connectivity index (χ0n) is 10.5. The summed E-state index contributed by atoms with van der Waals surface area (Å²) in [6.45, 7) is 10.9. The van der Waals surface area contributed by atoms with Crippen LogP contribution in [0.4, 0.5) is 0 Å². The number of hydrogen-bond acceptors (Lipinski definition) is 2. The molecule has 92 valence electrons. The quantitative estimate of drug-likeness (QED) is 0.588. The summed E-state index contributed by atoms with van der Waals surface area (Å²) in [4.78, 5) is 0. The minimum absolute atomic E-state index is 0.375. The molecular formula is C12H21BrO2Si. The molecule has 0 saturated carbocycles. The van der Waals surface area contributed by atoms with Gasteiger partial charge in [0.25, 0.3) is 0 Å². The van der Waals surface area contributed by atoms with Gasteiger partial charge in [0.05, 0.1) is 17.3 Å². The van der Waals surface area contributed by atoms with Gasteiger partial charge in [0.2, 0.25) is 0 Å². The van der Waals surface area contributed by atoms with Crippen LogP contribution in [-0.2, 0) is 11.2 Å². The second-order valence-electron chi connectivity index (χ2n) is 5.14. The molecule has 0 aliphatic rings. The molecule has 4 heteroatoms. The molecule has 16 heavy (non-hydrogen) atoms. The van der Waals surface area contributed by atoms with Crippen LogP contribution in [0, 0.1) is 0 Å². The predicted octanol–water partition coefficient (Wildman–Crippen LogP) is 3.87. The van der Waals surface area contributed by atoms with Crippen LogP contribution in [0.2, 0.25) is 18.1 Å². The van der Waals surface area contributed by atoms with E-state index in [4.69, 9.17) is 9.15 Å². The molecule has 0 saturated heterocycles. The van der Waals surface area contributed by atoms with E-state index in [9.17, 15) is 0 Å². The first kappa shape index (κ1) is 14.0. The lowest BCUT2D eigenvalue weighted by Crippen LogP contribution is -2.26. The van der Waals surface area contributed by atoms with Gasteiger partial charge < -0.3 is 9.15 Å². The van der Waals surface area contributed by atoms with Crippen molar-refractivity contribution in [2.45, 2.75) is 38.4 Å². The average molecular weight is 305 g/mol. The highest BCUT2D eigenvalue weighted by atomic mass is 79.9. The van der Waals surface area contributed by atoms with Gasteiger partial charge in [0.1, 0.15) is 5.76 Å². The second kappa shape index (κ2) is 6.03. The number of ether oxygens (including phenoxy) is 1. The minimum atomic E-state index is -0.651. The van der Waals surface area contributed by atoms with Gasteiger partial charge in [-0.25, -0.2) is 0 Å². The first-order chi connectivity index (χ1) is 7.43. The zero-order chi connectivity index (χ0) is 12.2. The molecule has 2 nitrogen and oxygen atoms in total. The molecule has 1 aromatic heterocycles. The van der Waals surface area contributed by atoms with E-state index in [1.807, 2.05) is 6.07 Å². The molecule has 0 aliphatic heterocycles. The summed E-state index contributed by atoms with van der Waals surface area (Å²) < 4.78 is 12.1. The fraction of sp³-hybridized carbons (Fsp3) is 0.667. The zero-order valence-corrected chi connectivity index (χ0v) is 13.3. The molecule has 0 bridgehead atoms. The third kappa shape index (κ3) is 4.07. The van der Waals surface area contributed by atoms with Crippen molar-refractivity contribution in [2.24, 2.45) is 0 Å². The van der Waals surface area contributed by atoms with Crippen LogP contribution in [0.25, 0.3) is 0 Å². The Morgan fingerprint density at radius 2 is 2.12 bits per heavy atom. The summed E-state index contributed by atoms with van der Waals surface area (Å²) in [5, 5.41) is 0.375. The summed E-state index contributed by atoms with van der Waals surface area (Å²) >= 11 is 3.44. The topological polar surface area (TPSA) is 22.4 Å². The molecule has 0 amide bonds. The molecule has 0 N–H and O–H groups in total. The smallest absolute Gasteiger partial charge is 0.120 e. The van der Waals surface area contributed by atoms with Crippen molar-refractivity contribution in [1.29, 1.82) is 0 Å². The summed E-state index contributed by atoms with van der Waals surface area (Å²) in [5.74, 6) is 0.972. The number of rotatable bonds is 6. The lowest BCUT2D eigenvalue weighted by Gasteiger charge is -2.27.